The number of imidazole rings is 1. The Bertz CT molecular complexity index is 1200. The van der Waals surface area contributed by atoms with Gasteiger partial charge in [-0.05, 0) is 23.1 Å². The van der Waals surface area contributed by atoms with Crippen LogP contribution in [0.15, 0.2) is 66.1 Å². The van der Waals surface area contributed by atoms with Gasteiger partial charge in [-0.25, -0.2) is 4.98 Å². The molecule has 0 radical (unpaired) electrons. The van der Waals surface area contributed by atoms with Crippen LogP contribution in [0.25, 0.3) is 0 Å². The van der Waals surface area contributed by atoms with Crippen LogP contribution in [0.2, 0.25) is 0 Å². The van der Waals surface area contributed by atoms with Gasteiger partial charge >= 0.3 is 5.97 Å². The fourth-order valence-corrected chi connectivity index (χ4v) is 5.11. The number of aliphatic hydroxyl groups excluding tert-OH is 1. The summed E-state index contributed by atoms with van der Waals surface area (Å²) in [4.78, 5) is 27.0. The minimum absolute atomic E-state index is 0.00436. The number of benzene rings is 2. The van der Waals surface area contributed by atoms with Gasteiger partial charge in [-0.15, -0.1) is 0 Å². The second-order valence-electron chi connectivity index (χ2n) is 9.25. The highest BCUT2D eigenvalue weighted by Gasteiger charge is 2.32. The average molecular weight is 540 g/mol. The van der Waals surface area contributed by atoms with Crippen molar-refractivity contribution in [1.82, 2.24) is 14.9 Å². The standard InChI is InChI=1S/C28H33N3O6S/c1-31-14-13-29-28(31)38-18-23-15-24(21-9-7-20(17-32)8-10-21)37-27(36-23)22-11-5-19(6-12-22)16-30-25(33)3-2-4-26(34)35/h5-14,23-24,27,32H,2-4,15-18H2,1H3,(H,30,33)(H,34,35)/t23-,24+,27+/m1/s1. The van der Waals surface area contributed by atoms with E-state index in [4.69, 9.17) is 14.6 Å². The van der Waals surface area contributed by atoms with Crippen LogP contribution in [-0.2, 0) is 39.3 Å². The second kappa shape index (κ2) is 13.6. The summed E-state index contributed by atoms with van der Waals surface area (Å²) >= 11 is 1.65. The summed E-state index contributed by atoms with van der Waals surface area (Å²) < 4.78 is 14.7. The number of nitrogens with one attached hydrogen (secondary N) is 1. The molecule has 0 bridgehead atoms. The largest absolute Gasteiger partial charge is 0.481 e. The van der Waals surface area contributed by atoms with Crippen molar-refractivity contribution in [2.45, 2.75) is 62.5 Å². The number of hydrogen-bond donors (Lipinski definition) is 3. The minimum Gasteiger partial charge on any atom is -0.481 e. The maximum absolute atomic E-state index is 12.0. The third-order valence-corrected chi connectivity index (χ3v) is 7.52. The molecule has 202 valence electrons. The molecule has 2 aromatic carbocycles. The van der Waals surface area contributed by atoms with Crippen LogP contribution in [0.5, 0.6) is 0 Å². The number of amides is 1. The number of carbonyl (C=O) groups excluding carboxylic acids is 1. The average Bonchev–Trinajstić information content (AvgIpc) is 3.35. The Morgan fingerprint density at radius 3 is 2.42 bits per heavy atom. The van der Waals surface area contributed by atoms with Gasteiger partial charge in [0.2, 0.25) is 5.91 Å². The van der Waals surface area contributed by atoms with E-state index in [1.165, 1.54) is 0 Å². The van der Waals surface area contributed by atoms with Gasteiger partial charge in [0.1, 0.15) is 0 Å². The molecule has 38 heavy (non-hydrogen) atoms. The van der Waals surface area contributed by atoms with Crippen LogP contribution in [0.4, 0.5) is 0 Å². The van der Waals surface area contributed by atoms with Crippen molar-refractivity contribution in [1.29, 1.82) is 0 Å². The molecule has 3 N–H and O–H groups in total. The van der Waals surface area contributed by atoms with E-state index < -0.39 is 12.3 Å². The van der Waals surface area contributed by atoms with Crippen molar-refractivity contribution >= 4 is 23.6 Å². The SMILES string of the molecule is Cn1ccnc1SC[C@H]1C[C@@H](c2ccc(CO)cc2)O[C@@H](c2ccc(CNC(=O)CCCC(=O)O)cc2)O1. The Kier molecular flexibility index (Phi) is 9.94. The van der Waals surface area contributed by atoms with Crippen molar-refractivity contribution in [3.8, 4) is 0 Å². The highest BCUT2D eigenvalue weighted by atomic mass is 32.2. The van der Waals surface area contributed by atoms with Gasteiger partial charge in [0, 0.05) is 56.6 Å². The van der Waals surface area contributed by atoms with Crippen LogP contribution in [0.3, 0.4) is 0 Å². The molecular weight excluding hydrogens is 506 g/mol. The maximum atomic E-state index is 12.0. The molecule has 1 aliphatic rings. The molecule has 1 amide bonds. The van der Waals surface area contributed by atoms with Gasteiger partial charge < -0.3 is 29.6 Å². The number of aliphatic hydroxyl groups is 1. The zero-order valence-corrected chi connectivity index (χ0v) is 22.1. The number of carboxylic acids is 1. The predicted octanol–water partition coefficient (Wildman–Crippen LogP) is 4.12. The zero-order chi connectivity index (χ0) is 26.9. The van der Waals surface area contributed by atoms with Crippen LogP contribution in [0.1, 0.15) is 60.3 Å². The molecular formula is C28H33N3O6S. The van der Waals surface area contributed by atoms with Crippen LogP contribution in [0, 0.1) is 0 Å². The lowest BCUT2D eigenvalue weighted by molar-refractivity contribution is -0.245. The summed E-state index contributed by atoms with van der Waals surface area (Å²) in [5, 5.41) is 21.9. The lowest BCUT2D eigenvalue weighted by Gasteiger charge is -2.36. The van der Waals surface area contributed by atoms with E-state index in [1.807, 2.05) is 66.3 Å². The van der Waals surface area contributed by atoms with Crippen molar-refractivity contribution < 1.29 is 29.3 Å². The Balaban J connectivity index is 1.40. The van der Waals surface area contributed by atoms with Crippen molar-refractivity contribution in [3.63, 3.8) is 0 Å². The first-order chi connectivity index (χ1) is 18.4. The quantitative estimate of drug-likeness (QED) is 0.294. The number of aryl methyl sites for hydroxylation is 1. The summed E-state index contributed by atoms with van der Waals surface area (Å²) in [6, 6.07) is 15.5. The number of thioether (sulfide) groups is 1. The fourth-order valence-electron chi connectivity index (χ4n) is 4.16. The molecule has 0 saturated carbocycles. The summed E-state index contributed by atoms with van der Waals surface area (Å²) in [5.41, 5.74) is 3.69. The Labute approximate surface area is 226 Å². The first-order valence-electron chi connectivity index (χ1n) is 12.6. The Hall–Kier alpha value is -3.18. The summed E-state index contributed by atoms with van der Waals surface area (Å²) in [6.07, 6.45) is 4.09. The van der Waals surface area contributed by atoms with E-state index in [0.29, 0.717) is 19.4 Å². The second-order valence-corrected chi connectivity index (χ2v) is 10.2. The zero-order valence-electron chi connectivity index (χ0n) is 21.3. The molecule has 1 saturated heterocycles. The highest BCUT2D eigenvalue weighted by molar-refractivity contribution is 7.99. The van der Waals surface area contributed by atoms with Crippen LogP contribution in [-0.4, -0.2) is 43.5 Å². The molecule has 0 unspecified atom stereocenters. The van der Waals surface area contributed by atoms with Gasteiger partial charge in [0.05, 0.1) is 18.8 Å². The molecule has 10 heteroatoms. The number of aromatic nitrogens is 2. The number of nitrogens with zero attached hydrogens (tertiary/aromatic N) is 2. The third kappa shape index (κ3) is 7.91. The predicted molar refractivity (Wildman–Crippen MR) is 142 cm³/mol. The van der Waals surface area contributed by atoms with E-state index in [9.17, 15) is 14.7 Å². The summed E-state index contributed by atoms with van der Waals surface area (Å²) in [6.45, 7) is 0.358. The lowest BCUT2D eigenvalue weighted by Crippen LogP contribution is -2.31. The number of carbonyl (C=O) groups is 2. The first kappa shape index (κ1) is 27.8. The molecule has 3 atom stereocenters. The number of rotatable bonds is 12. The van der Waals surface area contributed by atoms with Gasteiger partial charge in [-0.2, -0.15) is 0 Å². The van der Waals surface area contributed by atoms with Crippen LogP contribution < -0.4 is 5.32 Å². The summed E-state index contributed by atoms with van der Waals surface area (Å²) in [7, 11) is 1.97. The smallest absolute Gasteiger partial charge is 0.303 e. The van der Waals surface area contributed by atoms with E-state index in [2.05, 4.69) is 10.3 Å². The number of carboxylic acid groups (broad SMARTS) is 1. The lowest BCUT2D eigenvalue weighted by atomic mass is 10.0. The normalized spacial score (nSPS) is 19.3. The van der Waals surface area contributed by atoms with Gasteiger partial charge in [-0.1, -0.05) is 60.3 Å². The number of hydrogen-bond acceptors (Lipinski definition) is 7. The Morgan fingerprint density at radius 2 is 1.76 bits per heavy atom. The van der Waals surface area contributed by atoms with Crippen molar-refractivity contribution in [3.05, 3.63) is 83.2 Å². The molecule has 9 nitrogen and oxygen atoms in total. The van der Waals surface area contributed by atoms with Crippen molar-refractivity contribution in [2.75, 3.05) is 5.75 Å². The molecule has 3 aromatic rings. The monoisotopic (exact) mass is 539 g/mol. The molecule has 1 aromatic heterocycles. The van der Waals surface area contributed by atoms with E-state index >= 15 is 0 Å². The number of ether oxygens (including phenoxy) is 2. The van der Waals surface area contributed by atoms with Gasteiger partial charge in [-0.3, -0.25) is 9.59 Å². The first-order valence-corrected chi connectivity index (χ1v) is 13.6. The van der Waals surface area contributed by atoms with Gasteiger partial charge in [0.15, 0.2) is 11.4 Å². The van der Waals surface area contributed by atoms with Crippen LogP contribution >= 0.6 is 11.8 Å². The number of aliphatic carboxylic acids is 1. The topological polar surface area (TPSA) is 123 Å². The van der Waals surface area contributed by atoms with E-state index in [-0.39, 0.29) is 37.6 Å². The van der Waals surface area contributed by atoms with Crippen molar-refractivity contribution in [2.24, 2.45) is 7.05 Å². The molecule has 0 spiro atoms. The highest BCUT2D eigenvalue weighted by Crippen LogP contribution is 2.39. The maximum Gasteiger partial charge on any atom is 0.303 e. The minimum atomic E-state index is -0.901. The Morgan fingerprint density at radius 1 is 1.05 bits per heavy atom. The summed E-state index contributed by atoms with van der Waals surface area (Å²) in [5.74, 6) is -0.345. The molecule has 1 fully saturated rings. The molecule has 2 heterocycles. The molecule has 0 aliphatic carbocycles. The molecule has 1 aliphatic heterocycles. The third-order valence-electron chi connectivity index (χ3n) is 6.33. The van der Waals surface area contributed by atoms with E-state index in [1.54, 1.807) is 18.0 Å². The van der Waals surface area contributed by atoms with E-state index in [0.717, 1.165) is 33.2 Å². The molecule has 4 rings (SSSR count). The van der Waals surface area contributed by atoms with Gasteiger partial charge in [0.25, 0.3) is 0 Å². The fraction of sp³-hybridized carbons (Fsp3) is 0.393.